The van der Waals surface area contributed by atoms with Crippen molar-refractivity contribution >= 4 is 5.91 Å². The van der Waals surface area contributed by atoms with Gasteiger partial charge in [-0.15, -0.1) is 0 Å². The monoisotopic (exact) mass is 588 g/mol. The molecule has 4 N–H and O–H groups in total. The van der Waals surface area contributed by atoms with E-state index in [4.69, 9.17) is 9.47 Å². The zero-order chi connectivity index (χ0) is 30.5. The highest BCUT2D eigenvalue weighted by molar-refractivity contribution is 5.82. The molecule has 2 saturated heterocycles. The highest BCUT2D eigenvalue weighted by Crippen LogP contribution is 2.76. The van der Waals surface area contributed by atoms with Gasteiger partial charge in [0, 0.05) is 12.6 Å². The molecular weight excluding hydrogens is 528 g/mol. The number of aliphatic hydroxyl groups is 2. The van der Waals surface area contributed by atoms with Crippen molar-refractivity contribution in [3.8, 4) is 0 Å². The van der Waals surface area contributed by atoms with Crippen LogP contribution < -0.4 is 10.6 Å². The molecule has 0 bridgehead atoms. The quantitative estimate of drug-likeness (QED) is 0.376. The average Bonchev–Trinajstić information content (AvgIpc) is 3.51. The number of morpholine rings is 1. The van der Waals surface area contributed by atoms with Crippen LogP contribution >= 0.6 is 0 Å². The summed E-state index contributed by atoms with van der Waals surface area (Å²) in [7, 11) is 0. The maximum absolute atomic E-state index is 13.2. The van der Waals surface area contributed by atoms with Crippen molar-refractivity contribution in [2.24, 2.45) is 45.3 Å². The number of nitrogens with one attached hydrogen (secondary N) is 2. The van der Waals surface area contributed by atoms with Gasteiger partial charge in [0.1, 0.15) is 6.04 Å². The Bertz CT molecular complexity index is 1050. The van der Waals surface area contributed by atoms with Gasteiger partial charge in [-0.25, -0.2) is 0 Å². The van der Waals surface area contributed by atoms with Gasteiger partial charge in [0.05, 0.1) is 36.6 Å². The molecule has 4 saturated carbocycles. The summed E-state index contributed by atoms with van der Waals surface area (Å²) in [6.07, 6.45) is 8.86. The first kappa shape index (κ1) is 31.3. The smallest absolute Gasteiger partial charge is 0.239 e. The second-order valence-electron chi connectivity index (χ2n) is 17.6. The second-order valence-corrected chi connectivity index (χ2v) is 17.6. The Labute approximate surface area is 254 Å². The number of amides is 1. The van der Waals surface area contributed by atoms with Gasteiger partial charge < -0.3 is 30.3 Å². The molecule has 2 aliphatic heterocycles. The average molecular weight is 589 g/mol. The normalized spacial score (nSPS) is 52.2. The van der Waals surface area contributed by atoms with E-state index in [0.29, 0.717) is 31.0 Å². The predicted octanol–water partition coefficient (Wildman–Crippen LogP) is 4.82. The molecule has 0 aromatic carbocycles. The maximum Gasteiger partial charge on any atom is 0.239 e. The maximum atomic E-state index is 13.2. The van der Waals surface area contributed by atoms with Crippen molar-refractivity contribution in [1.29, 1.82) is 0 Å². The van der Waals surface area contributed by atoms with Gasteiger partial charge in [-0.1, -0.05) is 34.6 Å². The van der Waals surface area contributed by atoms with Gasteiger partial charge in [0.25, 0.3) is 0 Å². The molecule has 0 aromatic rings. The Hall–Kier alpha value is -0.730. The lowest BCUT2D eigenvalue weighted by Crippen LogP contribution is -2.68. The number of rotatable bonds is 4. The zero-order valence-electron chi connectivity index (χ0n) is 27.7. The van der Waals surface area contributed by atoms with Crippen molar-refractivity contribution in [3.05, 3.63) is 0 Å². The highest BCUT2D eigenvalue weighted by Gasteiger charge is 2.72. The number of carbonyl (C=O) groups is 1. The van der Waals surface area contributed by atoms with Crippen LogP contribution in [0.4, 0.5) is 0 Å². The van der Waals surface area contributed by atoms with Gasteiger partial charge in [0.15, 0.2) is 0 Å². The fourth-order valence-corrected chi connectivity index (χ4v) is 12.3. The van der Waals surface area contributed by atoms with E-state index in [1.807, 2.05) is 13.8 Å². The van der Waals surface area contributed by atoms with Gasteiger partial charge in [-0.3, -0.25) is 4.79 Å². The molecule has 7 heteroatoms. The molecule has 42 heavy (non-hydrogen) atoms. The van der Waals surface area contributed by atoms with Crippen LogP contribution in [0.2, 0.25) is 0 Å². The van der Waals surface area contributed by atoms with E-state index >= 15 is 0 Å². The number of fused-ring (bicyclic) bond motifs is 5. The molecule has 0 unspecified atom stereocenters. The van der Waals surface area contributed by atoms with Crippen LogP contribution in [0.5, 0.6) is 0 Å². The summed E-state index contributed by atoms with van der Waals surface area (Å²) in [6, 6.07) is -0.116. The van der Waals surface area contributed by atoms with E-state index in [-0.39, 0.29) is 63.4 Å². The zero-order valence-corrected chi connectivity index (χ0v) is 27.7. The Kier molecular flexibility index (Phi) is 7.55. The summed E-state index contributed by atoms with van der Waals surface area (Å²) in [6.45, 7) is 20.2. The molecule has 0 radical (unpaired) electrons. The van der Waals surface area contributed by atoms with Gasteiger partial charge >= 0.3 is 0 Å². The summed E-state index contributed by atoms with van der Waals surface area (Å²) in [4.78, 5) is 13.2. The molecule has 0 spiro atoms. The highest BCUT2D eigenvalue weighted by atomic mass is 16.5. The number of aliphatic hydroxyl groups excluding tert-OH is 1. The number of hydrogen-bond donors (Lipinski definition) is 4. The van der Waals surface area contributed by atoms with Crippen LogP contribution in [-0.2, 0) is 14.3 Å². The van der Waals surface area contributed by atoms with Crippen LogP contribution in [0, 0.1) is 45.3 Å². The van der Waals surface area contributed by atoms with Gasteiger partial charge in [-0.05, 0) is 124 Å². The standard InChI is InChI=1S/C35H60N2O5/c1-30(2)24-10-15-33(6)25(32(24,5)13-11-26(30)37-29(39)22-20-41-18-17-36-22)19-23(38)28-21(9-14-34(28,33)7)35(8)16-12-27(42-35)31(3,4)40/h21-28,36,38,40H,9-20H2,1-8H3,(H,37,39)/t21-,22-,23+,24-,25+,26-,27+,28-,32-,33+,34+,35-/m0/s1. The van der Waals surface area contributed by atoms with Crippen LogP contribution in [0.15, 0.2) is 0 Å². The summed E-state index contributed by atoms with van der Waals surface area (Å²) in [5.74, 6) is 1.55. The van der Waals surface area contributed by atoms with Crippen molar-refractivity contribution in [2.45, 2.75) is 149 Å². The first-order valence-electron chi connectivity index (χ1n) is 17.2. The predicted molar refractivity (Wildman–Crippen MR) is 164 cm³/mol. The fraction of sp³-hybridized carbons (Fsp3) is 0.971. The molecule has 4 aliphatic carbocycles. The van der Waals surface area contributed by atoms with Crippen molar-refractivity contribution < 1.29 is 24.5 Å². The third-order valence-corrected chi connectivity index (χ3v) is 14.9. The molecule has 6 rings (SSSR count). The molecule has 6 aliphatic rings. The third kappa shape index (κ3) is 4.48. The van der Waals surface area contributed by atoms with Crippen molar-refractivity contribution in [3.63, 3.8) is 0 Å². The summed E-state index contributed by atoms with van der Waals surface area (Å²) >= 11 is 0. The number of ether oxygens (including phenoxy) is 2. The molecular formula is C35H60N2O5. The SMILES string of the molecule is CC(C)(O)[C@H]1CC[C@@](C)([C@H]2CC[C@]3(C)[C@@H]2[C@H](O)C[C@@H]2[C@@]4(C)CC[C@H](NC(=O)[C@@H]5COCCN5)C(C)(C)[C@@H]4CC[C@]23C)O1. The third-order valence-electron chi connectivity index (χ3n) is 14.9. The minimum absolute atomic E-state index is 0.0301. The Morgan fingerprint density at radius 2 is 1.64 bits per heavy atom. The molecule has 0 aromatic heterocycles. The molecule has 7 nitrogen and oxygen atoms in total. The first-order valence-corrected chi connectivity index (χ1v) is 17.2. The Morgan fingerprint density at radius 1 is 0.929 bits per heavy atom. The number of carbonyl (C=O) groups excluding carboxylic acids is 1. The number of hydrogen-bond acceptors (Lipinski definition) is 6. The van der Waals surface area contributed by atoms with Crippen LogP contribution in [0.25, 0.3) is 0 Å². The topological polar surface area (TPSA) is 100 Å². The van der Waals surface area contributed by atoms with Crippen LogP contribution in [0.1, 0.15) is 113 Å². The summed E-state index contributed by atoms with van der Waals surface area (Å²) < 4.78 is 12.3. The minimum Gasteiger partial charge on any atom is -0.393 e. The summed E-state index contributed by atoms with van der Waals surface area (Å²) in [5.41, 5.74) is -0.851. The lowest BCUT2D eigenvalue weighted by Gasteiger charge is -2.71. The van der Waals surface area contributed by atoms with E-state index in [1.165, 1.54) is 12.8 Å². The minimum atomic E-state index is -0.847. The van der Waals surface area contributed by atoms with Crippen LogP contribution in [-0.4, -0.2) is 71.4 Å². The largest absolute Gasteiger partial charge is 0.393 e. The Morgan fingerprint density at radius 3 is 2.29 bits per heavy atom. The second kappa shape index (κ2) is 10.1. The molecule has 6 fully saturated rings. The van der Waals surface area contributed by atoms with Crippen molar-refractivity contribution in [1.82, 2.24) is 10.6 Å². The van der Waals surface area contributed by atoms with Crippen molar-refractivity contribution in [2.75, 3.05) is 19.8 Å². The van der Waals surface area contributed by atoms with E-state index in [2.05, 4.69) is 52.2 Å². The van der Waals surface area contributed by atoms with Gasteiger partial charge in [-0.2, -0.15) is 0 Å². The molecule has 2 heterocycles. The summed E-state index contributed by atoms with van der Waals surface area (Å²) in [5, 5.41) is 29.6. The Balaban J connectivity index is 1.24. The van der Waals surface area contributed by atoms with Gasteiger partial charge in [0.2, 0.25) is 5.91 Å². The first-order chi connectivity index (χ1) is 19.5. The molecule has 240 valence electrons. The lowest BCUT2D eigenvalue weighted by atomic mass is 9.35. The molecule has 1 amide bonds. The van der Waals surface area contributed by atoms with E-state index in [0.717, 1.165) is 51.5 Å². The lowest BCUT2D eigenvalue weighted by molar-refractivity contribution is -0.240. The van der Waals surface area contributed by atoms with E-state index in [9.17, 15) is 15.0 Å². The fourth-order valence-electron chi connectivity index (χ4n) is 12.3. The van der Waals surface area contributed by atoms with E-state index in [1.54, 1.807) is 0 Å². The van der Waals surface area contributed by atoms with Crippen LogP contribution in [0.3, 0.4) is 0 Å². The molecule has 12 atom stereocenters. The van der Waals surface area contributed by atoms with E-state index < -0.39 is 5.60 Å².